The fourth-order valence-corrected chi connectivity index (χ4v) is 4.06. The number of amides is 1. The number of benzene rings is 2. The molecule has 0 aliphatic carbocycles. The Kier molecular flexibility index (Phi) is 8.02. The van der Waals surface area contributed by atoms with Gasteiger partial charge >= 0.3 is 5.97 Å². The molecule has 0 unspecified atom stereocenters. The fraction of sp³-hybridized carbons (Fsp3) is 0.440. The summed E-state index contributed by atoms with van der Waals surface area (Å²) in [5, 5.41) is 12.1. The van der Waals surface area contributed by atoms with Crippen molar-refractivity contribution in [2.75, 3.05) is 19.7 Å². The number of halogens is 2. The second kappa shape index (κ2) is 10.7. The lowest BCUT2D eigenvalue weighted by molar-refractivity contribution is -0.137. The average Bonchev–Trinajstić information content (AvgIpc) is 2.77. The van der Waals surface area contributed by atoms with Crippen LogP contribution in [0.5, 0.6) is 5.75 Å². The highest BCUT2D eigenvalue weighted by Gasteiger charge is 2.43. The maximum atomic E-state index is 14.1. The van der Waals surface area contributed by atoms with Gasteiger partial charge in [-0.2, -0.15) is 0 Å². The molecule has 2 atom stereocenters. The number of piperidine rings is 1. The Bertz CT molecular complexity index is 935. The Labute approximate surface area is 192 Å². The van der Waals surface area contributed by atoms with Crippen LogP contribution in [-0.4, -0.2) is 53.5 Å². The Balaban J connectivity index is 1.68. The zero-order valence-corrected chi connectivity index (χ0v) is 18.8. The number of para-hydroxylation sites is 1. The van der Waals surface area contributed by atoms with Crippen molar-refractivity contribution in [3.8, 4) is 5.75 Å². The fourth-order valence-electron chi connectivity index (χ4n) is 4.06. The first-order chi connectivity index (χ1) is 15.7. The normalized spacial score (nSPS) is 19.1. The first-order valence-corrected chi connectivity index (χ1v) is 11.1. The highest BCUT2D eigenvalue weighted by atomic mass is 19.3. The summed E-state index contributed by atoms with van der Waals surface area (Å²) in [5.41, 5.74) is 0.926. The number of carbonyl (C=O) groups is 2. The minimum absolute atomic E-state index is 0.0181. The van der Waals surface area contributed by atoms with Crippen LogP contribution >= 0.6 is 0 Å². The van der Waals surface area contributed by atoms with Gasteiger partial charge < -0.3 is 15.2 Å². The number of carboxylic acids is 1. The van der Waals surface area contributed by atoms with E-state index in [0.29, 0.717) is 5.75 Å². The van der Waals surface area contributed by atoms with Gasteiger partial charge in [-0.05, 0) is 42.2 Å². The van der Waals surface area contributed by atoms with Crippen LogP contribution in [0.25, 0.3) is 0 Å². The number of alkyl halides is 2. The lowest BCUT2D eigenvalue weighted by atomic mass is 9.93. The number of nitrogens with one attached hydrogen (secondary N) is 1. The second-order valence-electron chi connectivity index (χ2n) is 8.70. The van der Waals surface area contributed by atoms with Crippen molar-refractivity contribution in [3.05, 3.63) is 65.7 Å². The summed E-state index contributed by atoms with van der Waals surface area (Å²) in [6.07, 6.45) is -0.298. The number of nitrogens with zero attached hydrogens (tertiary/aromatic N) is 1. The maximum absolute atomic E-state index is 14.1. The van der Waals surface area contributed by atoms with Crippen molar-refractivity contribution in [1.82, 2.24) is 10.2 Å². The molecule has 0 bridgehead atoms. The van der Waals surface area contributed by atoms with E-state index in [9.17, 15) is 18.4 Å². The minimum atomic E-state index is -2.85. The SMILES string of the molecule is CC(C)[C@H](NC(=O)[C@H]1CCC(F)(F)CN1CCOc1ccccc1)c1ccc(C(=O)O)cc1. The Morgan fingerprint density at radius 3 is 2.42 bits per heavy atom. The molecule has 1 heterocycles. The van der Waals surface area contributed by atoms with Crippen LogP contribution in [0.3, 0.4) is 0 Å². The molecule has 1 amide bonds. The van der Waals surface area contributed by atoms with E-state index in [1.165, 1.54) is 17.0 Å². The van der Waals surface area contributed by atoms with Gasteiger partial charge in [0.05, 0.1) is 24.2 Å². The number of ether oxygens (including phenoxy) is 1. The molecule has 2 aromatic carbocycles. The van der Waals surface area contributed by atoms with Crippen LogP contribution in [-0.2, 0) is 4.79 Å². The summed E-state index contributed by atoms with van der Waals surface area (Å²) in [6.45, 7) is 3.77. The predicted molar refractivity (Wildman–Crippen MR) is 121 cm³/mol. The van der Waals surface area contributed by atoms with Crippen molar-refractivity contribution in [2.45, 2.75) is 44.7 Å². The van der Waals surface area contributed by atoms with Gasteiger partial charge in [0, 0.05) is 13.0 Å². The molecule has 0 saturated carbocycles. The molecule has 1 aliphatic heterocycles. The molecule has 0 radical (unpaired) electrons. The monoisotopic (exact) mass is 460 g/mol. The van der Waals surface area contributed by atoms with E-state index in [4.69, 9.17) is 9.84 Å². The zero-order valence-electron chi connectivity index (χ0n) is 18.8. The summed E-state index contributed by atoms with van der Waals surface area (Å²) >= 11 is 0. The van der Waals surface area contributed by atoms with Gasteiger partial charge in [0.25, 0.3) is 5.92 Å². The van der Waals surface area contributed by atoms with E-state index in [1.54, 1.807) is 24.3 Å². The van der Waals surface area contributed by atoms with Crippen LogP contribution in [0.15, 0.2) is 54.6 Å². The summed E-state index contributed by atoms with van der Waals surface area (Å²) in [6, 6.07) is 14.4. The average molecular weight is 461 g/mol. The molecule has 33 heavy (non-hydrogen) atoms. The smallest absolute Gasteiger partial charge is 0.335 e. The van der Waals surface area contributed by atoms with E-state index in [-0.39, 0.29) is 49.4 Å². The highest BCUT2D eigenvalue weighted by molar-refractivity contribution is 5.87. The van der Waals surface area contributed by atoms with Crippen molar-refractivity contribution in [1.29, 1.82) is 0 Å². The molecule has 0 aromatic heterocycles. The van der Waals surface area contributed by atoms with Gasteiger partial charge in [0.15, 0.2) is 0 Å². The number of carboxylic acid groups (broad SMARTS) is 1. The third-order valence-electron chi connectivity index (χ3n) is 5.83. The molecule has 6 nitrogen and oxygen atoms in total. The van der Waals surface area contributed by atoms with Gasteiger partial charge in [0.2, 0.25) is 5.91 Å². The van der Waals surface area contributed by atoms with Crippen molar-refractivity contribution in [3.63, 3.8) is 0 Å². The highest BCUT2D eigenvalue weighted by Crippen LogP contribution is 2.31. The zero-order chi connectivity index (χ0) is 24.0. The maximum Gasteiger partial charge on any atom is 0.335 e. The number of hydrogen-bond donors (Lipinski definition) is 2. The first-order valence-electron chi connectivity index (χ1n) is 11.1. The quantitative estimate of drug-likeness (QED) is 0.581. The molecular formula is C25H30F2N2O4. The van der Waals surface area contributed by atoms with Crippen LogP contribution in [0, 0.1) is 5.92 Å². The van der Waals surface area contributed by atoms with Crippen molar-refractivity contribution >= 4 is 11.9 Å². The molecule has 0 spiro atoms. The standard InChI is InChI=1S/C25H30F2N2O4/c1-17(2)22(18-8-10-19(11-9-18)24(31)32)28-23(30)21-12-13-25(26,27)16-29(21)14-15-33-20-6-4-3-5-7-20/h3-11,17,21-22H,12-16H2,1-2H3,(H,28,30)(H,31,32)/t21-,22+/m1/s1. The molecule has 1 fully saturated rings. The Morgan fingerprint density at radius 2 is 1.82 bits per heavy atom. The van der Waals surface area contributed by atoms with E-state index >= 15 is 0 Å². The Morgan fingerprint density at radius 1 is 1.15 bits per heavy atom. The van der Waals surface area contributed by atoms with E-state index in [0.717, 1.165) is 5.56 Å². The van der Waals surface area contributed by atoms with E-state index in [2.05, 4.69) is 5.32 Å². The topological polar surface area (TPSA) is 78.9 Å². The molecule has 2 aromatic rings. The Hall–Kier alpha value is -3.00. The largest absolute Gasteiger partial charge is 0.492 e. The number of hydrogen-bond acceptors (Lipinski definition) is 4. The third-order valence-corrected chi connectivity index (χ3v) is 5.83. The van der Waals surface area contributed by atoms with Gasteiger partial charge in [-0.3, -0.25) is 9.69 Å². The molecule has 2 N–H and O–H groups in total. The van der Waals surface area contributed by atoms with Crippen molar-refractivity contribution in [2.24, 2.45) is 5.92 Å². The second-order valence-corrected chi connectivity index (χ2v) is 8.70. The van der Waals surface area contributed by atoms with Crippen molar-refractivity contribution < 1.29 is 28.2 Å². The number of carbonyl (C=O) groups excluding carboxylic acids is 1. The molecule has 8 heteroatoms. The minimum Gasteiger partial charge on any atom is -0.492 e. The summed E-state index contributed by atoms with van der Waals surface area (Å²) in [4.78, 5) is 25.8. The van der Waals surface area contributed by atoms with Crippen LogP contribution in [0.1, 0.15) is 48.7 Å². The van der Waals surface area contributed by atoms with Gasteiger partial charge in [-0.1, -0.05) is 44.2 Å². The number of rotatable bonds is 9. The van der Waals surface area contributed by atoms with Crippen LogP contribution in [0.2, 0.25) is 0 Å². The van der Waals surface area contributed by atoms with E-state index < -0.39 is 24.5 Å². The van der Waals surface area contributed by atoms with Gasteiger partial charge in [-0.15, -0.1) is 0 Å². The van der Waals surface area contributed by atoms with Crippen LogP contribution in [0.4, 0.5) is 8.78 Å². The number of likely N-dealkylation sites (tertiary alicyclic amines) is 1. The van der Waals surface area contributed by atoms with E-state index in [1.807, 2.05) is 32.0 Å². The summed E-state index contributed by atoms with van der Waals surface area (Å²) < 4.78 is 33.9. The van der Waals surface area contributed by atoms with Gasteiger partial charge in [-0.25, -0.2) is 13.6 Å². The molecule has 1 aliphatic rings. The third kappa shape index (κ3) is 6.74. The number of aromatic carboxylic acids is 1. The lowest BCUT2D eigenvalue weighted by Gasteiger charge is -2.39. The molecular weight excluding hydrogens is 430 g/mol. The van der Waals surface area contributed by atoms with Crippen LogP contribution < -0.4 is 10.1 Å². The molecule has 178 valence electrons. The molecule has 1 saturated heterocycles. The first kappa shape index (κ1) is 24.6. The molecule has 3 rings (SSSR count). The summed E-state index contributed by atoms with van der Waals surface area (Å²) in [7, 11) is 0. The lowest BCUT2D eigenvalue weighted by Crippen LogP contribution is -2.56. The van der Waals surface area contributed by atoms with Gasteiger partial charge in [0.1, 0.15) is 12.4 Å². The summed E-state index contributed by atoms with van der Waals surface area (Å²) in [5.74, 6) is -3.53. The predicted octanol–water partition coefficient (Wildman–Crippen LogP) is 4.38.